The van der Waals surface area contributed by atoms with Crippen molar-refractivity contribution < 1.29 is 13.2 Å². The Labute approximate surface area is 168 Å². The van der Waals surface area contributed by atoms with E-state index >= 15 is 0 Å². The summed E-state index contributed by atoms with van der Waals surface area (Å²) < 4.78 is 38.8. The van der Waals surface area contributed by atoms with Crippen LogP contribution in [0.25, 0.3) is 10.9 Å². The summed E-state index contributed by atoms with van der Waals surface area (Å²) in [6.45, 7) is 0. The molecule has 0 aliphatic rings. The number of hydrogen-bond acceptors (Lipinski definition) is 6. The summed E-state index contributed by atoms with van der Waals surface area (Å²) >= 11 is 1.32. The van der Waals surface area contributed by atoms with Gasteiger partial charge in [-0.25, -0.2) is 9.97 Å². The monoisotopic (exact) mass is 413 g/mol. The number of aromatic nitrogens is 3. The van der Waals surface area contributed by atoms with Crippen molar-refractivity contribution in [3.8, 4) is 0 Å². The molecule has 146 valence electrons. The molecule has 0 atom stereocenters. The highest BCUT2D eigenvalue weighted by Crippen LogP contribution is 2.37. The minimum atomic E-state index is -4.43. The molecule has 0 spiro atoms. The van der Waals surface area contributed by atoms with Gasteiger partial charge in [-0.3, -0.25) is 4.98 Å². The molecule has 0 fully saturated rings. The quantitative estimate of drug-likeness (QED) is 0.429. The Morgan fingerprint density at radius 2 is 1.72 bits per heavy atom. The van der Waals surface area contributed by atoms with Crippen LogP contribution in [0.3, 0.4) is 0 Å². The lowest BCUT2D eigenvalue weighted by Gasteiger charge is -2.13. The lowest BCUT2D eigenvalue weighted by Crippen LogP contribution is -2.06. The molecule has 0 aliphatic heterocycles. The van der Waals surface area contributed by atoms with Gasteiger partial charge in [0, 0.05) is 22.2 Å². The molecule has 9 heteroatoms. The van der Waals surface area contributed by atoms with Gasteiger partial charge in [-0.2, -0.15) is 13.2 Å². The molecule has 0 bridgehead atoms. The number of nitrogens with two attached hydrogens (primary N) is 1. The van der Waals surface area contributed by atoms with Crippen molar-refractivity contribution in [2.24, 2.45) is 0 Å². The normalized spacial score (nSPS) is 11.6. The smallest absolute Gasteiger partial charge is 0.394 e. The van der Waals surface area contributed by atoms with Gasteiger partial charge in [0.15, 0.2) is 5.82 Å². The fourth-order valence-corrected chi connectivity index (χ4v) is 3.66. The number of alkyl halides is 3. The van der Waals surface area contributed by atoms with E-state index in [1.54, 1.807) is 6.20 Å². The number of benzene rings is 2. The largest absolute Gasteiger partial charge is 0.416 e. The number of nitrogens with one attached hydrogen (secondary N) is 1. The van der Waals surface area contributed by atoms with E-state index in [1.165, 1.54) is 30.2 Å². The van der Waals surface area contributed by atoms with Crippen molar-refractivity contribution in [2.75, 3.05) is 11.1 Å². The maximum Gasteiger partial charge on any atom is 0.416 e. The zero-order chi connectivity index (χ0) is 20.4. The summed E-state index contributed by atoms with van der Waals surface area (Å²) in [4.78, 5) is 13.6. The standard InChI is InChI=1S/C20H14F3N5S/c21-20(22,23)13-6-2-7-14(10-13)28-18-16(24)19(27-11-26-18)29-15-8-1-4-12-5-3-9-25-17(12)15/h1-11H,24H2,(H,26,27,28). The number of fused-ring (bicyclic) bond motifs is 1. The van der Waals surface area contributed by atoms with Crippen molar-refractivity contribution in [3.63, 3.8) is 0 Å². The second kappa shape index (κ2) is 7.59. The third kappa shape index (κ3) is 4.09. The molecule has 0 amide bonds. The molecule has 0 unspecified atom stereocenters. The lowest BCUT2D eigenvalue weighted by molar-refractivity contribution is -0.137. The van der Waals surface area contributed by atoms with Crippen molar-refractivity contribution >= 4 is 39.9 Å². The average molecular weight is 413 g/mol. The Balaban J connectivity index is 1.64. The summed E-state index contributed by atoms with van der Waals surface area (Å²) in [5.41, 5.74) is 6.72. The predicted molar refractivity (Wildman–Crippen MR) is 107 cm³/mol. The molecule has 0 saturated heterocycles. The van der Waals surface area contributed by atoms with Crippen LogP contribution < -0.4 is 11.1 Å². The summed E-state index contributed by atoms with van der Waals surface area (Å²) in [7, 11) is 0. The second-order valence-electron chi connectivity index (χ2n) is 6.08. The van der Waals surface area contributed by atoms with Crippen LogP contribution in [0.4, 0.5) is 30.4 Å². The highest BCUT2D eigenvalue weighted by molar-refractivity contribution is 7.99. The van der Waals surface area contributed by atoms with Gasteiger partial charge in [0.2, 0.25) is 0 Å². The molecular weight excluding hydrogens is 399 g/mol. The van der Waals surface area contributed by atoms with Crippen LogP contribution in [0.1, 0.15) is 5.56 Å². The van der Waals surface area contributed by atoms with Gasteiger partial charge in [0.05, 0.1) is 11.1 Å². The topological polar surface area (TPSA) is 76.7 Å². The zero-order valence-electron chi connectivity index (χ0n) is 14.8. The first kappa shape index (κ1) is 19.0. The van der Waals surface area contributed by atoms with E-state index < -0.39 is 11.7 Å². The van der Waals surface area contributed by atoms with Gasteiger partial charge >= 0.3 is 6.18 Å². The fourth-order valence-electron chi connectivity index (χ4n) is 2.73. The minimum absolute atomic E-state index is 0.230. The first-order valence-electron chi connectivity index (χ1n) is 8.48. The Morgan fingerprint density at radius 1 is 0.931 bits per heavy atom. The molecule has 0 aliphatic carbocycles. The number of hydrogen-bond donors (Lipinski definition) is 2. The van der Waals surface area contributed by atoms with E-state index in [4.69, 9.17) is 5.73 Å². The van der Waals surface area contributed by atoms with Crippen LogP contribution in [-0.2, 0) is 6.18 Å². The van der Waals surface area contributed by atoms with Gasteiger partial charge < -0.3 is 11.1 Å². The van der Waals surface area contributed by atoms with Gasteiger partial charge in [-0.05, 0) is 30.3 Å². The number of nitrogens with zero attached hydrogens (tertiary/aromatic N) is 3. The first-order valence-corrected chi connectivity index (χ1v) is 9.30. The van der Waals surface area contributed by atoms with E-state index in [9.17, 15) is 13.2 Å². The Hall–Kier alpha value is -3.33. The van der Waals surface area contributed by atoms with Crippen molar-refractivity contribution in [3.05, 3.63) is 72.7 Å². The zero-order valence-corrected chi connectivity index (χ0v) is 15.6. The number of pyridine rings is 1. The number of nitrogen functional groups attached to an aromatic ring is 1. The molecule has 2 aromatic carbocycles. The van der Waals surface area contributed by atoms with Crippen LogP contribution in [0, 0.1) is 0 Å². The average Bonchev–Trinajstić information content (AvgIpc) is 2.71. The Kier molecular flexibility index (Phi) is 4.98. The van der Waals surface area contributed by atoms with Crippen molar-refractivity contribution in [1.29, 1.82) is 0 Å². The number of rotatable bonds is 4. The highest BCUT2D eigenvalue weighted by Gasteiger charge is 2.30. The number of halogens is 3. The summed E-state index contributed by atoms with van der Waals surface area (Å²) in [5, 5.41) is 4.30. The number of anilines is 3. The Morgan fingerprint density at radius 3 is 2.55 bits per heavy atom. The van der Waals surface area contributed by atoms with Crippen molar-refractivity contribution in [2.45, 2.75) is 16.1 Å². The summed E-state index contributed by atoms with van der Waals surface area (Å²) in [5.74, 6) is 0.232. The van der Waals surface area contributed by atoms with Gasteiger partial charge in [-0.1, -0.05) is 36.0 Å². The van der Waals surface area contributed by atoms with Gasteiger partial charge in [0.1, 0.15) is 17.0 Å². The van der Waals surface area contributed by atoms with Crippen LogP contribution in [0.15, 0.2) is 77.0 Å². The maximum absolute atomic E-state index is 12.9. The van der Waals surface area contributed by atoms with E-state index in [0.29, 0.717) is 5.03 Å². The maximum atomic E-state index is 12.9. The highest BCUT2D eigenvalue weighted by atomic mass is 32.2. The van der Waals surface area contributed by atoms with Gasteiger partial charge in [-0.15, -0.1) is 0 Å². The summed E-state index contributed by atoms with van der Waals surface area (Å²) in [6.07, 6.45) is -1.42. The van der Waals surface area contributed by atoms with E-state index in [2.05, 4.69) is 20.3 Å². The van der Waals surface area contributed by atoms with E-state index in [-0.39, 0.29) is 17.2 Å². The third-order valence-electron chi connectivity index (χ3n) is 4.10. The predicted octanol–water partition coefficient (Wildman–Crippen LogP) is 5.52. The molecule has 0 saturated carbocycles. The van der Waals surface area contributed by atoms with E-state index in [1.807, 2.05) is 30.3 Å². The minimum Gasteiger partial charge on any atom is -0.394 e. The molecule has 29 heavy (non-hydrogen) atoms. The molecule has 2 heterocycles. The summed E-state index contributed by atoms with van der Waals surface area (Å²) in [6, 6.07) is 14.4. The SMILES string of the molecule is Nc1c(Nc2cccc(C(F)(F)F)c2)ncnc1Sc1cccc2cccnc12. The third-order valence-corrected chi connectivity index (χ3v) is 5.17. The van der Waals surface area contributed by atoms with Crippen LogP contribution in [-0.4, -0.2) is 15.0 Å². The van der Waals surface area contributed by atoms with Crippen LogP contribution >= 0.6 is 11.8 Å². The van der Waals surface area contributed by atoms with Crippen LogP contribution in [0.5, 0.6) is 0 Å². The van der Waals surface area contributed by atoms with Gasteiger partial charge in [0.25, 0.3) is 0 Å². The molecule has 2 aromatic heterocycles. The molecule has 4 aromatic rings. The molecule has 4 rings (SSSR count). The second-order valence-corrected chi connectivity index (χ2v) is 7.11. The molecular formula is C20H14F3N5S. The van der Waals surface area contributed by atoms with Crippen LogP contribution in [0.2, 0.25) is 0 Å². The molecule has 5 nitrogen and oxygen atoms in total. The lowest BCUT2D eigenvalue weighted by atomic mass is 10.2. The van der Waals surface area contributed by atoms with E-state index in [0.717, 1.165) is 27.9 Å². The fraction of sp³-hybridized carbons (Fsp3) is 0.0500. The molecule has 0 radical (unpaired) electrons. The molecule has 3 N–H and O–H groups in total. The van der Waals surface area contributed by atoms with Crippen molar-refractivity contribution in [1.82, 2.24) is 15.0 Å². The first-order chi connectivity index (χ1) is 13.9. The number of para-hydroxylation sites is 1. The Bertz CT molecular complexity index is 1170.